The fourth-order valence-corrected chi connectivity index (χ4v) is 4.93. The molecule has 3 heteroatoms. The van der Waals surface area contributed by atoms with Crippen LogP contribution in [0.3, 0.4) is 0 Å². The number of benzene rings is 2. The van der Waals surface area contributed by atoms with Gasteiger partial charge in [0.15, 0.2) is 12.3 Å². The summed E-state index contributed by atoms with van der Waals surface area (Å²) in [6.45, 7) is 1.90. The second-order valence-corrected chi connectivity index (χ2v) is 8.81. The molecule has 1 saturated carbocycles. The fourth-order valence-electron chi connectivity index (χ4n) is 4.93. The van der Waals surface area contributed by atoms with Crippen LogP contribution in [0.2, 0.25) is 0 Å². The molecule has 0 aromatic heterocycles. The molecule has 0 heterocycles. The van der Waals surface area contributed by atoms with E-state index in [0.29, 0.717) is 23.5 Å². The van der Waals surface area contributed by atoms with Crippen LogP contribution in [0.4, 0.5) is 13.2 Å². The van der Waals surface area contributed by atoms with Crippen LogP contribution in [0.1, 0.15) is 61.1 Å². The largest absolute Gasteiger partial charge is 0.239 e. The Morgan fingerprint density at radius 1 is 0.867 bits per heavy atom. The first-order valence-electron chi connectivity index (χ1n) is 11.0. The standard InChI is InChI=1S/C27H29F3/c1-18-7-15-23(25(28)17-18)21-11-8-19(9-12-21)10-13-22-14-16-24(27(30)26(22)29)20-5-3-2-4-6-20/h2-7,14-17,19,21,26-27H,8-13H2,1H3. The van der Waals surface area contributed by atoms with Gasteiger partial charge in [-0.05, 0) is 91.2 Å². The molecule has 0 saturated heterocycles. The molecule has 0 radical (unpaired) electrons. The van der Waals surface area contributed by atoms with Gasteiger partial charge in [0, 0.05) is 0 Å². The maximum atomic E-state index is 14.8. The molecule has 0 N–H and O–H groups in total. The van der Waals surface area contributed by atoms with Crippen LogP contribution < -0.4 is 0 Å². The van der Waals surface area contributed by atoms with Crippen molar-refractivity contribution in [1.82, 2.24) is 0 Å². The molecule has 2 aliphatic rings. The Morgan fingerprint density at radius 3 is 2.30 bits per heavy atom. The van der Waals surface area contributed by atoms with Gasteiger partial charge in [-0.15, -0.1) is 0 Å². The first-order chi connectivity index (χ1) is 14.5. The molecule has 0 spiro atoms. The van der Waals surface area contributed by atoms with Crippen molar-refractivity contribution in [3.8, 4) is 0 Å². The Hall–Kier alpha value is -2.29. The number of hydrogen-bond donors (Lipinski definition) is 0. The van der Waals surface area contributed by atoms with Crippen LogP contribution in [-0.2, 0) is 0 Å². The topological polar surface area (TPSA) is 0 Å². The lowest BCUT2D eigenvalue weighted by Gasteiger charge is -2.30. The maximum absolute atomic E-state index is 14.8. The Kier molecular flexibility index (Phi) is 6.46. The normalized spacial score (nSPS) is 26.8. The van der Waals surface area contributed by atoms with Gasteiger partial charge in [0.1, 0.15) is 5.82 Å². The van der Waals surface area contributed by atoms with E-state index in [4.69, 9.17) is 0 Å². The van der Waals surface area contributed by atoms with E-state index in [0.717, 1.165) is 48.8 Å². The zero-order valence-corrected chi connectivity index (χ0v) is 17.5. The van der Waals surface area contributed by atoms with E-state index in [1.807, 2.05) is 49.4 Å². The molecule has 158 valence electrons. The van der Waals surface area contributed by atoms with Gasteiger partial charge >= 0.3 is 0 Å². The number of alkyl halides is 2. The van der Waals surface area contributed by atoms with Gasteiger partial charge in [-0.25, -0.2) is 13.2 Å². The first kappa shape index (κ1) is 21.0. The van der Waals surface area contributed by atoms with Gasteiger partial charge in [0.05, 0.1) is 0 Å². The quantitative estimate of drug-likeness (QED) is 0.470. The smallest absolute Gasteiger partial charge is 0.161 e. The van der Waals surface area contributed by atoms with Crippen molar-refractivity contribution in [1.29, 1.82) is 0 Å². The second-order valence-electron chi connectivity index (χ2n) is 8.81. The summed E-state index contributed by atoms with van der Waals surface area (Å²) in [5, 5.41) is 0. The van der Waals surface area contributed by atoms with Crippen molar-refractivity contribution in [3.05, 3.63) is 88.8 Å². The SMILES string of the molecule is Cc1ccc(C2CCC(CCC3=CC=C(c4ccccc4)C(F)C3F)CC2)c(F)c1. The van der Waals surface area contributed by atoms with E-state index in [9.17, 15) is 13.2 Å². The number of halogens is 3. The van der Waals surface area contributed by atoms with Gasteiger partial charge < -0.3 is 0 Å². The molecule has 2 aliphatic carbocycles. The van der Waals surface area contributed by atoms with Gasteiger partial charge in [-0.3, -0.25) is 0 Å². The van der Waals surface area contributed by atoms with Crippen molar-refractivity contribution in [3.63, 3.8) is 0 Å². The van der Waals surface area contributed by atoms with Crippen molar-refractivity contribution in [2.45, 2.75) is 63.7 Å². The minimum Gasteiger partial charge on any atom is -0.239 e. The number of aryl methyl sites for hydroxylation is 1. The van der Waals surface area contributed by atoms with Crippen LogP contribution in [0.15, 0.2) is 66.3 Å². The third-order valence-corrected chi connectivity index (χ3v) is 6.78. The maximum Gasteiger partial charge on any atom is 0.161 e. The summed E-state index contributed by atoms with van der Waals surface area (Å²) in [7, 11) is 0. The average Bonchev–Trinajstić information content (AvgIpc) is 2.76. The minimum absolute atomic E-state index is 0.0962. The van der Waals surface area contributed by atoms with E-state index < -0.39 is 12.3 Å². The van der Waals surface area contributed by atoms with Crippen molar-refractivity contribution >= 4 is 5.57 Å². The highest BCUT2D eigenvalue weighted by molar-refractivity contribution is 5.73. The Balaban J connectivity index is 1.33. The van der Waals surface area contributed by atoms with Gasteiger partial charge in [-0.2, -0.15) is 0 Å². The fraction of sp³-hybridized carbons (Fsp3) is 0.407. The van der Waals surface area contributed by atoms with Gasteiger partial charge in [0.25, 0.3) is 0 Å². The lowest BCUT2D eigenvalue weighted by Crippen LogP contribution is -2.24. The van der Waals surface area contributed by atoms with E-state index >= 15 is 0 Å². The van der Waals surface area contributed by atoms with Gasteiger partial charge in [0.2, 0.25) is 0 Å². The summed E-state index contributed by atoms with van der Waals surface area (Å²) in [5.41, 5.74) is 3.50. The number of hydrogen-bond acceptors (Lipinski definition) is 0. The molecular weight excluding hydrogens is 381 g/mol. The molecule has 2 aromatic rings. The predicted octanol–water partition coefficient (Wildman–Crippen LogP) is 7.89. The Bertz CT molecular complexity index is 920. The van der Waals surface area contributed by atoms with E-state index in [1.165, 1.54) is 0 Å². The predicted molar refractivity (Wildman–Crippen MR) is 117 cm³/mol. The van der Waals surface area contributed by atoms with E-state index in [2.05, 4.69) is 0 Å². The summed E-state index contributed by atoms with van der Waals surface area (Å²) in [4.78, 5) is 0. The molecule has 4 rings (SSSR count). The molecule has 2 unspecified atom stereocenters. The summed E-state index contributed by atoms with van der Waals surface area (Å²) in [6, 6.07) is 14.7. The highest BCUT2D eigenvalue weighted by atomic mass is 19.2. The Morgan fingerprint density at radius 2 is 1.60 bits per heavy atom. The van der Waals surface area contributed by atoms with E-state index in [1.54, 1.807) is 18.2 Å². The minimum atomic E-state index is -1.60. The Labute approximate surface area is 177 Å². The number of allylic oxidation sites excluding steroid dienone is 4. The molecule has 30 heavy (non-hydrogen) atoms. The zero-order valence-electron chi connectivity index (χ0n) is 17.5. The zero-order chi connectivity index (χ0) is 21.1. The molecule has 0 bridgehead atoms. The highest BCUT2D eigenvalue weighted by Crippen LogP contribution is 2.40. The molecule has 0 amide bonds. The monoisotopic (exact) mass is 410 g/mol. The molecule has 0 nitrogen and oxygen atoms in total. The van der Waals surface area contributed by atoms with Crippen molar-refractivity contribution in [2.75, 3.05) is 0 Å². The number of rotatable bonds is 5. The van der Waals surface area contributed by atoms with Gasteiger partial charge in [-0.1, -0.05) is 54.6 Å². The lowest BCUT2D eigenvalue weighted by atomic mass is 9.76. The van der Waals surface area contributed by atoms with Crippen molar-refractivity contribution < 1.29 is 13.2 Å². The first-order valence-corrected chi connectivity index (χ1v) is 11.0. The summed E-state index contributed by atoms with van der Waals surface area (Å²) < 4.78 is 43.8. The molecular formula is C27H29F3. The summed E-state index contributed by atoms with van der Waals surface area (Å²) in [5.74, 6) is 0.678. The molecule has 2 aromatic carbocycles. The summed E-state index contributed by atoms with van der Waals surface area (Å²) >= 11 is 0. The van der Waals surface area contributed by atoms with Crippen LogP contribution in [0.25, 0.3) is 5.57 Å². The van der Waals surface area contributed by atoms with Crippen LogP contribution in [0.5, 0.6) is 0 Å². The molecule has 2 atom stereocenters. The second kappa shape index (κ2) is 9.24. The van der Waals surface area contributed by atoms with Crippen LogP contribution in [0, 0.1) is 18.7 Å². The summed E-state index contributed by atoms with van der Waals surface area (Å²) in [6.07, 6.45) is 5.78. The molecule has 0 aliphatic heterocycles. The van der Waals surface area contributed by atoms with Crippen LogP contribution in [-0.4, -0.2) is 12.3 Å². The third-order valence-electron chi connectivity index (χ3n) is 6.78. The lowest BCUT2D eigenvalue weighted by molar-refractivity contribution is 0.232. The highest BCUT2D eigenvalue weighted by Gasteiger charge is 2.32. The average molecular weight is 411 g/mol. The molecule has 1 fully saturated rings. The van der Waals surface area contributed by atoms with Crippen molar-refractivity contribution in [2.24, 2.45) is 5.92 Å². The van der Waals surface area contributed by atoms with Crippen LogP contribution >= 0.6 is 0 Å². The third kappa shape index (κ3) is 4.55. The van der Waals surface area contributed by atoms with E-state index in [-0.39, 0.29) is 11.7 Å².